The summed E-state index contributed by atoms with van der Waals surface area (Å²) >= 11 is 0. The Labute approximate surface area is 124 Å². The van der Waals surface area contributed by atoms with Gasteiger partial charge in [0.25, 0.3) is 0 Å². The van der Waals surface area contributed by atoms with Crippen molar-refractivity contribution in [1.29, 1.82) is 0 Å². The van der Waals surface area contributed by atoms with Crippen LogP contribution in [0.25, 0.3) is 0 Å². The van der Waals surface area contributed by atoms with Gasteiger partial charge in [-0.15, -0.1) is 0 Å². The Hall–Kier alpha value is -2.14. The van der Waals surface area contributed by atoms with Crippen LogP contribution in [0.4, 0.5) is 0 Å². The molecule has 0 aromatic heterocycles. The van der Waals surface area contributed by atoms with Gasteiger partial charge in [-0.3, -0.25) is 0 Å². The predicted octanol–water partition coefficient (Wildman–Crippen LogP) is 2.93. The minimum Gasteiger partial charge on any atom is -0.422 e. The van der Waals surface area contributed by atoms with Crippen molar-refractivity contribution in [3.63, 3.8) is 0 Å². The van der Waals surface area contributed by atoms with Gasteiger partial charge in [-0.1, -0.05) is 18.2 Å². The fraction of sp³-hybridized carbons (Fsp3) is 0.188. The molecule has 2 aromatic carbocycles. The monoisotopic (exact) mass is 304 g/mol. The fourth-order valence-corrected chi connectivity index (χ4v) is 2.58. The summed E-state index contributed by atoms with van der Waals surface area (Å²) in [5, 5.41) is 0. The van der Waals surface area contributed by atoms with Gasteiger partial charge in [-0.25, -0.2) is 13.2 Å². The van der Waals surface area contributed by atoms with Crippen LogP contribution >= 0.6 is 0 Å². The lowest BCUT2D eigenvalue weighted by molar-refractivity contribution is 0.0732. The van der Waals surface area contributed by atoms with E-state index in [0.29, 0.717) is 11.3 Å². The van der Waals surface area contributed by atoms with Crippen molar-refractivity contribution in [1.82, 2.24) is 0 Å². The second-order valence-corrected chi connectivity index (χ2v) is 6.92. The molecule has 2 rings (SSSR count). The lowest BCUT2D eigenvalue weighted by Gasteiger charge is -2.10. The topological polar surface area (TPSA) is 60.4 Å². The maximum Gasteiger partial charge on any atom is 0.343 e. The Morgan fingerprint density at radius 3 is 1.95 bits per heavy atom. The first-order valence-electron chi connectivity index (χ1n) is 6.37. The van der Waals surface area contributed by atoms with Gasteiger partial charge in [0.1, 0.15) is 5.75 Å². The molecule has 21 heavy (non-hydrogen) atoms. The molecule has 5 heteroatoms. The molecule has 0 unspecified atom stereocenters. The highest BCUT2D eigenvalue weighted by Gasteiger charge is 2.13. The van der Waals surface area contributed by atoms with Gasteiger partial charge in [0.05, 0.1) is 10.5 Å². The highest BCUT2D eigenvalue weighted by Crippen LogP contribution is 2.23. The number of sulfone groups is 1. The Bertz CT molecular complexity index is 754. The first kappa shape index (κ1) is 15.3. The number of ether oxygens (including phenoxy) is 1. The summed E-state index contributed by atoms with van der Waals surface area (Å²) in [5.74, 6) is 0.0298. The molecule has 0 amide bonds. The van der Waals surface area contributed by atoms with Crippen LogP contribution in [-0.4, -0.2) is 20.6 Å². The molecule has 0 N–H and O–H groups in total. The molecule has 0 spiro atoms. The Morgan fingerprint density at radius 1 is 0.952 bits per heavy atom. The lowest BCUT2D eigenvalue weighted by Crippen LogP contribution is -2.10. The zero-order valence-corrected chi connectivity index (χ0v) is 12.9. The highest BCUT2D eigenvalue weighted by atomic mass is 32.2. The molecule has 0 saturated heterocycles. The van der Waals surface area contributed by atoms with Gasteiger partial charge in [0.15, 0.2) is 9.84 Å². The minimum atomic E-state index is -3.27. The van der Waals surface area contributed by atoms with E-state index in [0.717, 1.165) is 17.4 Å². The summed E-state index contributed by atoms with van der Waals surface area (Å²) in [7, 11) is -3.27. The second kappa shape index (κ2) is 5.69. The van der Waals surface area contributed by atoms with Gasteiger partial charge in [-0.2, -0.15) is 0 Å². The molecular weight excluding hydrogens is 288 g/mol. The van der Waals surface area contributed by atoms with Gasteiger partial charge >= 0.3 is 5.97 Å². The molecule has 110 valence electrons. The number of aryl methyl sites for hydroxylation is 2. The van der Waals surface area contributed by atoms with E-state index in [2.05, 4.69) is 0 Å². The number of hydrogen-bond acceptors (Lipinski definition) is 4. The van der Waals surface area contributed by atoms with E-state index >= 15 is 0 Å². The Morgan fingerprint density at radius 2 is 1.48 bits per heavy atom. The summed E-state index contributed by atoms with van der Waals surface area (Å²) in [4.78, 5) is 12.3. The van der Waals surface area contributed by atoms with Crippen LogP contribution in [0, 0.1) is 13.8 Å². The van der Waals surface area contributed by atoms with Crippen LogP contribution in [-0.2, 0) is 9.84 Å². The summed E-state index contributed by atoms with van der Waals surface area (Å²) in [6.07, 6.45) is 1.12. The van der Waals surface area contributed by atoms with Crippen molar-refractivity contribution in [2.75, 3.05) is 6.26 Å². The van der Waals surface area contributed by atoms with Crippen LogP contribution in [0.15, 0.2) is 47.4 Å². The molecule has 0 heterocycles. The Kier molecular flexibility index (Phi) is 4.14. The number of para-hydroxylation sites is 1. The smallest absolute Gasteiger partial charge is 0.343 e. The molecule has 4 nitrogen and oxygen atoms in total. The third-order valence-electron chi connectivity index (χ3n) is 3.12. The minimum absolute atomic E-state index is 0.172. The van der Waals surface area contributed by atoms with Crippen LogP contribution in [0.1, 0.15) is 21.5 Å². The van der Waals surface area contributed by atoms with Crippen molar-refractivity contribution >= 4 is 15.8 Å². The predicted molar refractivity (Wildman–Crippen MR) is 80.4 cm³/mol. The van der Waals surface area contributed by atoms with Gasteiger partial charge in [0, 0.05) is 6.26 Å². The third kappa shape index (κ3) is 3.49. The molecular formula is C16H16O4S. The second-order valence-electron chi connectivity index (χ2n) is 4.91. The molecule has 0 fully saturated rings. The number of rotatable bonds is 3. The maximum atomic E-state index is 12.1. The zero-order chi connectivity index (χ0) is 15.6. The average Bonchev–Trinajstić information content (AvgIpc) is 2.42. The summed E-state index contributed by atoms with van der Waals surface area (Å²) in [6.45, 7) is 3.73. The number of benzene rings is 2. The molecule has 0 aliphatic carbocycles. The number of carbonyl (C=O) groups excluding carboxylic acids is 1. The van der Waals surface area contributed by atoms with Crippen molar-refractivity contribution in [2.24, 2.45) is 0 Å². The van der Waals surface area contributed by atoms with E-state index in [1.807, 2.05) is 32.0 Å². The number of esters is 1. The maximum absolute atomic E-state index is 12.1. The molecule has 0 atom stereocenters. The molecule has 2 aromatic rings. The number of carbonyl (C=O) groups is 1. The van der Waals surface area contributed by atoms with E-state index in [1.54, 1.807) is 0 Å². The zero-order valence-electron chi connectivity index (χ0n) is 12.1. The van der Waals surface area contributed by atoms with Crippen LogP contribution in [0.2, 0.25) is 0 Å². The van der Waals surface area contributed by atoms with Crippen molar-refractivity contribution < 1.29 is 17.9 Å². The van der Waals surface area contributed by atoms with Crippen molar-refractivity contribution in [2.45, 2.75) is 18.7 Å². The van der Waals surface area contributed by atoms with Gasteiger partial charge < -0.3 is 4.74 Å². The normalized spacial score (nSPS) is 11.2. The molecule has 0 saturated carbocycles. The molecule has 0 aliphatic rings. The quantitative estimate of drug-likeness (QED) is 0.646. The number of hydrogen-bond donors (Lipinski definition) is 0. The third-order valence-corrected chi connectivity index (χ3v) is 4.25. The Balaban J connectivity index is 2.25. The standard InChI is InChI=1S/C16H16O4S/c1-11-5-4-6-12(2)15(11)20-16(17)13-7-9-14(10-8-13)21(3,18)19/h4-10H,1-3H3. The average molecular weight is 304 g/mol. The van der Waals surface area contributed by atoms with Gasteiger partial charge in [-0.05, 0) is 49.2 Å². The van der Waals surface area contributed by atoms with Crippen LogP contribution in [0.5, 0.6) is 5.75 Å². The van der Waals surface area contributed by atoms with Crippen LogP contribution in [0.3, 0.4) is 0 Å². The van der Waals surface area contributed by atoms with Crippen molar-refractivity contribution in [3.8, 4) is 5.75 Å². The molecule has 0 radical (unpaired) electrons. The molecule has 0 bridgehead atoms. The van der Waals surface area contributed by atoms with Gasteiger partial charge in [0.2, 0.25) is 0 Å². The summed E-state index contributed by atoms with van der Waals surface area (Å²) in [6, 6.07) is 11.3. The lowest BCUT2D eigenvalue weighted by atomic mass is 10.1. The highest BCUT2D eigenvalue weighted by molar-refractivity contribution is 7.90. The first-order valence-corrected chi connectivity index (χ1v) is 8.26. The van der Waals surface area contributed by atoms with E-state index < -0.39 is 15.8 Å². The largest absolute Gasteiger partial charge is 0.422 e. The van der Waals surface area contributed by atoms with E-state index in [-0.39, 0.29) is 4.90 Å². The van der Waals surface area contributed by atoms with E-state index in [9.17, 15) is 13.2 Å². The first-order chi connectivity index (χ1) is 9.79. The molecule has 0 aliphatic heterocycles. The van der Waals surface area contributed by atoms with E-state index in [4.69, 9.17) is 4.74 Å². The fourth-order valence-electron chi connectivity index (χ4n) is 1.95. The SMILES string of the molecule is Cc1cccc(C)c1OC(=O)c1ccc(S(C)(=O)=O)cc1. The van der Waals surface area contributed by atoms with E-state index in [1.165, 1.54) is 24.3 Å². The van der Waals surface area contributed by atoms with Crippen LogP contribution < -0.4 is 4.74 Å². The summed E-state index contributed by atoms with van der Waals surface area (Å²) < 4.78 is 28.2. The van der Waals surface area contributed by atoms with Crippen molar-refractivity contribution in [3.05, 3.63) is 59.2 Å². The summed E-state index contributed by atoms with van der Waals surface area (Å²) in [5.41, 5.74) is 2.05.